The number of halogens is 2. The third-order valence-electron chi connectivity index (χ3n) is 3.91. The minimum absolute atomic E-state index is 0.0743. The summed E-state index contributed by atoms with van der Waals surface area (Å²) in [4.78, 5) is 20.9. The van der Waals surface area contributed by atoms with Crippen molar-refractivity contribution in [2.75, 3.05) is 5.32 Å². The van der Waals surface area contributed by atoms with Crippen molar-refractivity contribution in [2.24, 2.45) is 0 Å². The van der Waals surface area contributed by atoms with E-state index in [1.165, 1.54) is 6.07 Å². The topological polar surface area (TPSA) is 66.9 Å². The van der Waals surface area contributed by atoms with Gasteiger partial charge >= 0.3 is 0 Å². The highest BCUT2D eigenvalue weighted by molar-refractivity contribution is 6.31. The molecule has 0 fully saturated rings. The molecule has 7 heteroatoms. The standard InChI is InChI=1S/C20H18ClFN4O/c1-12-7-8-15(10-16(12)21)25-20-24-13(2)9-18(26-20)19(27)23-11-14-5-3-4-6-17(14)22/h3-10H,11H2,1-2H3,(H,23,27)(H,24,25,26). The fourth-order valence-corrected chi connectivity index (χ4v) is 2.63. The van der Waals surface area contributed by atoms with Gasteiger partial charge in [-0.25, -0.2) is 14.4 Å². The SMILES string of the molecule is Cc1cc(C(=O)NCc2ccccc2F)nc(Nc2ccc(C)c(Cl)c2)n1. The summed E-state index contributed by atoms with van der Waals surface area (Å²) in [7, 11) is 0. The van der Waals surface area contributed by atoms with E-state index < -0.39 is 5.91 Å². The molecular formula is C20H18ClFN4O. The van der Waals surface area contributed by atoms with Gasteiger partial charge in [-0.3, -0.25) is 4.79 Å². The lowest BCUT2D eigenvalue weighted by atomic mass is 10.2. The molecule has 0 saturated carbocycles. The highest BCUT2D eigenvalue weighted by Gasteiger charge is 2.12. The van der Waals surface area contributed by atoms with Crippen LogP contribution in [0.1, 0.15) is 27.3 Å². The van der Waals surface area contributed by atoms with Gasteiger partial charge in [-0.15, -0.1) is 0 Å². The number of aryl methyl sites for hydroxylation is 2. The van der Waals surface area contributed by atoms with Crippen LogP contribution in [-0.4, -0.2) is 15.9 Å². The van der Waals surface area contributed by atoms with Gasteiger partial charge in [-0.2, -0.15) is 0 Å². The summed E-state index contributed by atoms with van der Waals surface area (Å²) in [6.07, 6.45) is 0. The van der Waals surface area contributed by atoms with E-state index in [1.54, 1.807) is 37.3 Å². The van der Waals surface area contributed by atoms with Crippen LogP contribution in [0.15, 0.2) is 48.5 Å². The zero-order chi connectivity index (χ0) is 19.4. The molecule has 0 bridgehead atoms. The van der Waals surface area contributed by atoms with Crippen molar-refractivity contribution in [2.45, 2.75) is 20.4 Å². The van der Waals surface area contributed by atoms with Crippen LogP contribution in [-0.2, 0) is 6.54 Å². The molecule has 0 saturated heterocycles. The van der Waals surface area contributed by atoms with Crippen molar-refractivity contribution in [3.8, 4) is 0 Å². The largest absolute Gasteiger partial charge is 0.347 e. The second-order valence-electron chi connectivity index (χ2n) is 6.08. The van der Waals surface area contributed by atoms with Crippen LogP contribution in [0.4, 0.5) is 16.0 Å². The van der Waals surface area contributed by atoms with Crippen molar-refractivity contribution in [1.29, 1.82) is 0 Å². The van der Waals surface area contributed by atoms with E-state index in [2.05, 4.69) is 20.6 Å². The number of hydrogen-bond donors (Lipinski definition) is 2. The zero-order valence-corrected chi connectivity index (χ0v) is 15.6. The molecule has 0 unspecified atom stereocenters. The second kappa shape index (κ2) is 8.14. The lowest BCUT2D eigenvalue weighted by Crippen LogP contribution is -2.25. The molecule has 138 valence electrons. The molecule has 0 aliphatic heterocycles. The van der Waals surface area contributed by atoms with Crippen molar-refractivity contribution in [1.82, 2.24) is 15.3 Å². The summed E-state index contributed by atoms with van der Waals surface area (Å²) >= 11 is 6.13. The predicted octanol–water partition coefficient (Wildman–Crippen LogP) is 4.56. The number of nitrogens with one attached hydrogen (secondary N) is 2. The summed E-state index contributed by atoms with van der Waals surface area (Å²) in [6.45, 7) is 3.75. The van der Waals surface area contributed by atoms with E-state index in [4.69, 9.17) is 11.6 Å². The Bertz CT molecular complexity index is 993. The molecule has 0 radical (unpaired) electrons. The Morgan fingerprint density at radius 2 is 1.89 bits per heavy atom. The average Bonchev–Trinajstić information content (AvgIpc) is 2.63. The van der Waals surface area contributed by atoms with Crippen LogP contribution in [0.5, 0.6) is 0 Å². The molecule has 0 spiro atoms. The lowest BCUT2D eigenvalue weighted by Gasteiger charge is -2.10. The van der Waals surface area contributed by atoms with Crippen LogP contribution >= 0.6 is 11.6 Å². The molecule has 2 N–H and O–H groups in total. The molecule has 0 aliphatic carbocycles. The van der Waals surface area contributed by atoms with Gasteiger partial charge in [0, 0.05) is 28.5 Å². The minimum Gasteiger partial charge on any atom is -0.347 e. The summed E-state index contributed by atoms with van der Waals surface area (Å²) in [5.74, 6) is -0.491. The Morgan fingerprint density at radius 1 is 1.11 bits per heavy atom. The van der Waals surface area contributed by atoms with Crippen LogP contribution in [0, 0.1) is 19.7 Å². The van der Waals surface area contributed by atoms with Crippen LogP contribution < -0.4 is 10.6 Å². The van der Waals surface area contributed by atoms with Crippen molar-refractivity contribution in [3.63, 3.8) is 0 Å². The maximum absolute atomic E-state index is 13.7. The van der Waals surface area contributed by atoms with Gasteiger partial charge in [-0.1, -0.05) is 35.9 Å². The second-order valence-corrected chi connectivity index (χ2v) is 6.49. The van der Waals surface area contributed by atoms with Crippen molar-refractivity contribution in [3.05, 3.63) is 81.9 Å². The fourth-order valence-electron chi connectivity index (χ4n) is 2.45. The van der Waals surface area contributed by atoms with E-state index in [9.17, 15) is 9.18 Å². The molecule has 27 heavy (non-hydrogen) atoms. The predicted molar refractivity (Wildman–Crippen MR) is 104 cm³/mol. The Kier molecular flexibility index (Phi) is 5.66. The summed E-state index contributed by atoms with van der Waals surface area (Å²) in [5, 5.41) is 6.34. The highest BCUT2D eigenvalue weighted by Crippen LogP contribution is 2.22. The van der Waals surface area contributed by atoms with Gasteiger partial charge in [0.2, 0.25) is 5.95 Å². The number of rotatable bonds is 5. The first kappa shape index (κ1) is 18.8. The van der Waals surface area contributed by atoms with E-state index in [-0.39, 0.29) is 24.0 Å². The molecule has 3 aromatic rings. The molecule has 2 aromatic carbocycles. The summed E-state index contributed by atoms with van der Waals surface area (Å²) in [5.41, 5.74) is 2.90. The molecule has 0 aliphatic rings. The maximum Gasteiger partial charge on any atom is 0.270 e. The number of anilines is 2. The lowest BCUT2D eigenvalue weighted by molar-refractivity contribution is 0.0945. The summed E-state index contributed by atoms with van der Waals surface area (Å²) in [6, 6.07) is 13.4. The van der Waals surface area contributed by atoms with E-state index >= 15 is 0 Å². The molecule has 1 aromatic heterocycles. The molecule has 5 nitrogen and oxygen atoms in total. The molecular weight excluding hydrogens is 367 g/mol. The van der Waals surface area contributed by atoms with E-state index in [0.717, 1.165) is 5.56 Å². The van der Waals surface area contributed by atoms with E-state index in [0.29, 0.717) is 22.0 Å². The quantitative estimate of drug-likeness (QED) is 0.676. The smallest absolute Gasteiger partial charge is 0.270 e. The number of nitrogens with zero attached hydrogens (tertiary/aromatic N) is 2. The van der Waals surface area contributed by atoms with Crippen LogP contribution in [0.3, 0.4) is 0 Å². The van der Waals surface area contributed by atoms with Gasteiger partial charge in [0.25, 0.3) is 5.91 Å². The Hall–Kier alpha value is -2.99. The van der Waals surface area contributed by atoms with Gasteiger partial charge in [-0.05, 0) is 43.7 Å². The molecule has 1 heterocycles. The third-order valence-corrected chi connectivity index (χ3v) is 4.32. The van der Waals surface area contributed by atoms with Crippen molar-refractivity contribution < 1.29 is 9.18 Å². The Labute approximate surface area is 161 Å². The molecule has 0 atom stereocenters. The van der Waals surface area contributed by atoms with Crippen molar-refractivity contribution >= 4 is 29.1 Å². The van der Waals surface area contributed by atoms with Gasteiger partial charge in [0.1, 0.15) is 11.5 Å². The van der Waals surface area contributed by atoms with Gasteiger partial charge in [0.15, 0.2) is 0 Å². The fraction of sp³-hybridized carbons (Fsp3) is 0.150. The maximum atomic E-state index is 13.7. The van der Waals surface area contributed by atoms with Crippen LogP contribution in [0.2, 0.25) is 5.02 Å². The monoisotopic (exact) mass is 384 g/mol. The first-order chi connectivity index (χ1) is 12.9. The first-order valence-electron chi connectivity index (χ1n) is 8.33. The number of aromatic nitrogens is 2. The number of hydrogen-bond acceptors (Lipinski definition) is 4. The van der Waals surface area contributed by atoms with Gasteiger partial charge in [0.05, 0.1) is 0 Å². The highest BCUT2D eigenvalue weighted by atomic mass is 35.5. The Morgan fingerprint density at radius 3 is 2.63 bits per heavy atom. The number of carbonyl (C=O) groups is 1. The van der Waals surface area contributed by atoms with Crippen LogP contribution in [0.25, 0.3) is 0 Å². The normalized spacial score (nSPS) is 10.5. The molecule has 3 rings (SSSR count). The minimum atomic E-state index is -0.409. The van der Waals surface area contributed by atoms with Gasteiger partial charge < -0.3 is 10.6 Å². The van der Waals surface area contributed by atoms with E-state index in [1.807, 2.05) is 19.1 Å². The summed E-state index contributed by atoms with van der Waals surface area (Å²) < 4.78 is 13.7. The number of amides is 1. The number of carbonyl (C=O) groups excluding carboxylic acids is 1. The third kappa shape index (κ3) is 4.80. The molecule has 1 amide bonds. The zero-order valence-electron chi connectivity index (χ0n) is 14.9. The average molecular weight is 385 g/mol. The Balaban J connectivity index is 1.75. The number of benzene rings is 2. The first-order valence-corrected chi connectivity index (χ1v) is 8.70.